The maximum atomic E-state index is 12.9. The standard InChI is InChI=1S/C19H24N4O4/c1-13-7-16(8-14(2)18(13)27-10-17(24)25)19(26)23-5-3-15(4-6-23)9-22-11-20-21-12-22/h7-8,11-12,15H,3-6,9-10H2,1-2H3,(H,24,25). The molecular weight excluding hydrogens is 348 g/mol. The zero-order valence-electron chi connectivity index (χ0n) is 15.6. The third-order valence-electron chi connectivity index (χ3n) is 4.88. The molecule has 0 aliphatic carbocycles. The van der Waals surface area contributed by atoms with Crippen LogP contribution in [0.3, 0.4) is 0 Å². The molecule has 3 rings (SSSR count). The topological polar surface area (TPSA) is 97.5 Å². The first-order valence-electron chi connectivity index (χ1n) is 9.01. The van der Waals surface area contributed by atoms with E-state index in [9.17, 15) is 9.59 Å². The highest BCUT2D eigenvalue weighted by molar-refractivity contribution is 5.95. The zero-order valence-corrected chi connectivity index (χ0v) is 15.6. The Hall–Kier alpha value is -2.90. The summed E-state index contributed by atoms with van der Waals surface area (Å²) in [7, 11) is 0. The molecule has 0 atom stereocenters. The van der Waals surface area contributed by atoms with Gasteiger partial charge in [-0.3, -0.25) is 4.79 Å². The van der Waals surface area contributed by atoms with Crippen molar-refractivity contribution in [2.75, 3.05) is 19.7 Å². The summed E-state index contributed by atoms with van der Waals surface area (Å²) >= 11 is 0. The molecule has 1 amide bonds. The average molecular weight is 372 g/mol. The molecule has 144 valence electrons. The van der Waals surface area contributed by atoms with E-state index in [1.54, 1.807) is 24.8 Å². The van der Waals surface area contributed by atoms with Gasteiger partial charge in [0.15, 0.2) is 6.61 Å². The summed E-state index contributed by atoms with van der Waals surface area (Å²) in [5.41, 5.74) is 2.15. The first-order chi connectivity index (χ1) is 12.9. The minimum absolute atomic E-state index is 0.00809. The molecule has 1 aliphatic heterocycles. The number of carboxylic acid groups (broad SMARTS) is 1. The lowest BCUT2D eigenvalue weighted by Crippen LogP contribution is -2.39. The molecule has 0 saturated carbocycles. The monoisotopic (exact) mass is 372 g/mol. The second-order valence-electron chi connectivity index (χ2n) is 7.02. The fourth-order valence-electron chi connectivity index (χ4n) is 3.55. The summed E-state index contributed by atoms with van der Waals surface area (Å²) in [6, 6.07) is 3.55. The van der Waals surface area contributed by atoms with Crippen molar-refractivity contribution >= 4 is 11.9 Å². The van der Waals surface area contributed by atoms with E-state index in [-0.39, 0.29) is 5.91 Å². The Kier molecular flexibility index (Phi) is 5.73. The predicted octanol–water partition coefficient (Wildman–Crippen LogP) is 1.91. The number of piperidine rings is 1. The minimum Gasteiger partial charge on any atom is -0.481 e. The fraction of sp³-hybridized carbons (Fsp3) is 0.474. The van der Waals surface area contributed by atoms with Gasteiger partial charge in [0.25, 0.3) is 5.91 Å². The van der Waals surface area contributed by atoms with E-state index < -0.39 is 12.6 Å². The van der Waals surface area contributed by atoms with Gasteiger partial charge in [-0.05, 0) is 55.9 Å². The third kappa shape index (κ3) is 4.64. The SMILES string of the molecule is Cc1cc(C(=O)N2CCC(Cn3cnnc3)CC2)cc(C)c1OCC(=O)O. The molecule has 1 N–H and O–H groups in total. The van der Waals surface area contributed by atoms with Crippen LogP contribution in [0.4, 0.5) is 0 Å². The highest BCUT2D eigenvalue weighted by Crippen LogP contribution is 2.27. The second-order valence-corrected chi connectivity index (χ2v) is 7.02. The van der Waals surface area contributed by atoms with Gasteiger partial charge in [-0.2, -0.15) is 0 Å². The maximum Gasteiger partial charge on any atom is 0.341 e. The molecule has 0 bridgehead atoms. The molecule has 27 heavy (non-hydrogen) atoms. The maximum absolute atomic E-state index is 12.9. The van der Waals surface area contributed by atoms with E-state index in [0.29, 0.717) is 17.2 Å². The molecule has 1 aromatic carbocycles. The van der Waals surface area contributed by atoms with Gasteiger partial charge in [0.1, 0.15) is 18.4 Å². The Bertz CT molecular complexity index is 788. The third-order valence-corrected chi connectivity index (χ3v) is 4.88. The van der Waals surface area contributed by atoms with Gasteiger partial charge in [0, 0.05) is 25.2 Å². The van der Waals surface area contributed by atoms with Gasteiger partial charge in [-0.1, -0.05) is 0 Å². The quantitative estimate of drug-likeness (QED) is 0.832. The summed E-state index contributed by atoms with van der Waals surface area (Å²) in [4.78, 5) is 25.5. The number of amides is 1. The number of hydrogen-bond donors (Lipinski definition) is 1. The van der Waals surface area contributed by atoms with Crippen molar-refractivity contribution in [3.8, 4) is 5.75 Å². The Morgan fingerprint density at radius 2 is 1.74 bits per heavy atom. The number of rotatable bonds is 6. The lowest BCUT2D eigenvalue weighted by molar-refractivity contribution is -0.139. The number of nitrogens with zero attached hydrogens (tertiary/aromatic N) is 4. The molecule has 8 nitrogen and oxygen atoms in total. The number of aromatic nitrogens is 3. The normalized spacial score (nSPS) is 15.0. The smallest absolute Gasteiger partial charge is 0.341 e. The van der Waals surface area contributed by atoms with Crippen molar-refractivity contribution < 1.29 is 19.4 Å². The van der Waals surface area contributed by atoms with Crippen LogP contribution >= 0.6 is 0 Å². The van der Waals surface area contributed by atoms with Crippen LogP contribution in [0.5, 0.6) is 5.75 Å². The Balaban J connectivity index is 1.62. The summed E-state index contributed by atoms with van der Waals surface area (Å²) in [5.74, 6) is 0.0268. The predicted molar refractivity (Wildman–Crippen MR) is 97.7 cm³/mol. The molecule has 1 aliphatic rings. The van der Waals surface area contributed by atoms with Gasteiger partial charge < -0.3 is 19.3 Å². The summed E-state index contributed by atoms with van der Waals surface area (Å²) in [6.45, 7) is 5.58. The Morgan fingerprint density at radius 3 is 2.30 bits per heavy atom. The number of aliphatic carboxylic acids is 1. The second kappa shape index (κ2) is 8.20. The number of carboxylic acids is 1. The minimum atomic E-state index is -1.02. The van der Waals surface area contributed by atoms with Crippen molar-refractivity contribution in [2.45, 2.75) is 33.2 Å². The first-order valence-corrected chi connectivity index (χ1v) is 9.01. The molecule has 1 fully saturated rings. The molecule has 0 radical (unpaired) electrons. The summed E-state index contributed by atoms with van der Waals surface area (Å²) < 4.78 is 7.31. The average Bonchev–Trinajstić information content (AvgIpc) is 3.13. The summed E-state index contributed by atoms with van der Waals surface area (Å²) in [6.07, 6.45) is 5.33. The molecule has 2 aromatic rings. The van der Waals surface area contributed by atoms with E-state index in [0.717, 1.165) is 43.6 Å². The van der Waals surface area contributed by atoms with Crippen molar-refractivity contribution in [1.82, 2.24) is 19.7 Å². The van der Waals surface area contributed by atoms with Gasteiger partial charge in [-0.15, -0.1) is 10.2 Å². The van der Waals surface area contributed by atoms with E-state index >= 15 is 0 Å². The van der Waals surface area contributed by atoms with E-state index in [4.69, 9.17) is 9.84 Å². The largest absolute Gasteiger partial charge is 0.481 e. The number of benzene rings is 1. The van der Waals surface area contributed by atoms with E-state index in [1.807, 2.05) is 23.3 Å². The Labute approximate surface area is 157 Å². The van der Waals surface area contributed by atoms with Gasteiger partial charge >= 0.3 is 5.97 Å². The molecule has 2 heterocycles. The van der Waals surface area contributed by atoms with E-state index in [2.05, 4.69) is 10.2 Å². The van der Waals surface area contributed by atoms with Crippen molar-refractivity contribution in [1.29, 1.82) is 0 Å². The molecular formula is C19H24N4O4. The van der Waals surface area contributed by atoms with Crippen LogP contribution in [0, 0.1) is 19.8 Å². The molecule has 1 aromatic heterocycles. The van der Waals surface area contributed by atoms with Crippen LogP contribution < -0.4 is 4.74 Å². The van der Waals surface area contributed by atoms with Crippen LogP contribution in [0.15, 0.2) is 24.8 Å². The number of likely N-dealkylation sites (tertiary alicyclic amines) is 1. The highest BCUT2D eigenvalue weighted by Gasteiger charge is 2.24. The number of hydrogen-bond acceptors (Lipinski definition) is 5. The van der Waals surface area contributed by atoms with Crippen LogP contribution in [-0.4, -0.2) is 56.3 Å². The lowest BCUT2D eigenvalue weighted by Gasteiger charge is -2.32. The number of ether oxygens (including phenoxy) is 1. The Morgan fingerprint density at radius 1 is 1.15 bits per heavy atom. The molecule has 0 unspecified atom stereocenters. The molecule has 8 heteroatoms. The van der Waals surface area contributed by atoms with Gasteiger partial charge in [0.05, 0.1) is 0 Å². The van der Waals surface area contributed by atoms with Crippen LogP contribution in [0.25, 0.3) is 0 Å². The van der Waals surface area contributed by atoms with Gasteiger partial charge in [0.2, 0.25) is 0 Å². The zero-order chi connectivity index (χ0) is 19.4. The molecule has 1 saturated heterocycles. The number of carbonyl (C=O) groups is 2. The van der Waals surface area contributed by atoms with Crippen molar-refractivity contribution in [3.63, 3.8) is 0 Å². The van der Waals surface area contributed by atoms with Crippen LogP contribution in [-0.2, 0) is 11.3 Å². The van der Waals surface area contributed by atoms with Gasteiger partial charge in [-0.25, -0.2) is 4.79 Å². The highest BCUT2D eigenvalue weighted by atomic mass is 16.5. The number of aryl methyl sites for hydroxylation is 2. The van der Waals surface area contributed by atoms with Crippen molar-refractivity contribution in [3.05, 3.63) is 41.5 Å². The number of carbonyl (C=O) groups excluding carboxylic acids is 1. The van der Waals surface area contributed by atoms with Crippen molar-refractivity contribution in [2.24, 2.45) is 5.92 Å². The molecule has 0 spiro atoms. The first kappa shape index (κ1) is 18.9. The fourth-order valence-corrected chi connectivity index (χ4v) is 3.55. The van der Waals surface area contributed by atoms with E-state index in [1.165, 1.54) is 0 Å². The van der Waals surface area contributed by atoms with Crippen LogP contribution in [0.2, 0.25) is 0 Å². The summed E-state index contributed by atoms with van der Waals surface area (Å²) in [5, 5.41) is 16.4. The lowest BCUT2D eigenvalue weighted by atomic mass is 9.95. The van der Waals surface area contributed by atoms with Crippen LogP contribution in [0.1, 0.15) is 34.3 Å².